The number of aryl methyl sites for hydroxylation is 1. The van der Waals surface area contributed by atoms with Gasteiger partial charge in [-0.2, -0.15) is 14.8 Å². The van der Waals surface area contributed by atoms with Crippen molar-refractivity contribution < 1.29 is 9.32 Å². The van der Waals surface area contributed by atoms with Crippen molar-refractivity contribution in [2.45, 2.75) is 12.8 Å². The number of hydrogen-bond acceptors (Lipinski definition) is 7. The predicted molar refractivity (Wildman–Crippen MR) is 117 cm³/mol. The Hall–Kier alpha value is -4.05. The van der Waals surface area contributed by atoms with Crippen molar-refractivity contribution in [1.82, 2.24) is 24.5 Å². The number of hydrogen-bond donors (Lipinski definition) is 1. The van der Waals surface area contributed by atoms with Crippen LogP contribution in [0.3, 0.4) is 0 Å². The summed E-state index contributed by atoms with van der Waals surface area (Å²) in [5.74, 6) is -0.179. The number of halogens is 1. The lowest BCUT2D eigenvalue weighted by molar-refractivity contribution is -0.116. The number of anilines is 1. The van der Waals surface area contributed by atoms with E-state index in [2.05, 4.69) is 20.6 Å². The second-order valence-electron chi connectivity index (χ2n) is 6.81. The smallest absolute Gasteiger partial charge is 0.339 e. The van der Waals surface area contributed by atoms with Gasteiger partial charge in [-0.05, 0) is 30.3 Å². The van der Waals surface area contributed by atoms with Crippen molar-refractivity contribution in [1.29, 1.82) is 0 Å². The van der Waals surface area contributed by atoms with Gasteiger partial charge in [0.15, 0.2) is 5.69 Å². The topological polar surface area (TPSA) is 125 Å². The zero-order valence-electron chi connectivity index (χ0n) is 16.9. The van der Waals surface area contributed by atoms with Gasteiger partial charge in [0.1, 0.15) is 0 Å². The SMILES string of the molecule is Cn1c(=O)c(-c2noc(CCC(=O)Nc3cccc(Cl)c3)n2)nn(-c2ccccc2)c1=O. The molecule has 0 aliphatic carbocycles. The van der Waals surface area contributed by atoms with Crippen molar-refractivity contribution in [2.24, 2.45) is 7.05 Å². The average molecular weight is 453 g/mol. The molecule has 1 N–H and O–H groups in total. The van der Waals surface area contributed by atoms with Crippen molar-refractivity contribution >= 4 is 23.2 Å². The first-order valence-corrected chi connectivity index (χ1v) is 9.94. The quantitative estimate of drug-likeness (QED) is 0.475. The first kappa shape index (κ1) is 21.2. The third-order valence-corrected chi connectivity index (χ3v) is 4.77. The third kappa shape index (κ3) is 4.49. The van der Waals surface area contributed by atoms with Crippen LogP contribution in [0.1, 0.15) is 12.3 Å². The molecule has 0 spiro atoms. The van der Waals surface area contributed by atoms with Crippen LogP contribution < -0.4 is 16.6 Å². The second kappa shape index (κ2) is 8.98. The molecule has 2 heterocycles. The van der Waals surface area contributed by atoms with E-state index in [1.807, 2.05) is 0 Å². The highest BCUT2D eigenvalue weighted by Gasteiger charge is 2.19. The number of benzene rings is 2. The fourth-order valence-electron chi connectivity index (χ4n) is 2.91. The molecule has 0 saturated heterocycles. The number of aromatic nitrogens is 5. The maximum atomic E-state index is 12.6. The van der Waals surface area contributed by atoms with E-state index in [0.717, 1.165) is 9.25 Å². The van der Waals surface area contributed by atoms with Crippen LogP contribution >= 0.6 is 11.6 Å². The minimum absolute atomic E-state index is 0.0690. The van der Waals surface area contributed by atoms with E-state index in [-0.39, 0.29) is 36.2 Å². The summed E-state index contributed by atoms with van der Waals surface area (Å²) in [5.41, 5.74) is -0.353. The molecule has 10 nitrogen and oxygen atoms in total. The number of carbonyl (C=O) groups is 1. The van der Waals surface area contributed by atoms with E-state index in [9.17, 15) is 14.4 Å². The Morgan fingerprint density at radius 2 is 1.91 bits per heavy atom. The zero-order chi connectivity index (χ0) is 22.7. The maximum Gasteiger partial charge on any atom is 0.351 e. The van der Waals surface area contributed by atoms with Gasteiger partial charge >= 0.3 is 5.69 Å². The van der Waals surface area contributed by atoms with Crippen LogP contribution in [0.2, 0.25) is 5.02 Å². The molecule has 2 aromatic heterocycles. The lowest BCUT2D eigenvalue weighted by atomic mass is 10.2. The van der Waals surface area contributed by atoms with Crippen LogP contribution in [0.25, 0.3) is 17.2 Å². The molecule has 0 radical (unpaired) electrons. The maximum absolute atomic E-state index is 12.6. The van der Waals surface area contributed by atoms with Gasteiger partial charge in [0.05, 0.1) is 5.69 Å². The van der Waals surface area contributed by atoms with Crippen molar-refractivity contribution in [3.63, 3.8) is 0 Å². The summed E-state index contributed by atoms with van der Waals surface area (Å²) < 4.78 is 7.18. The molecule has 0 bridgehead atoms. The highest BCUT2D eigenvalue weighted by Crippen LogP contribution is 2.16. The summed E-state index contributed by atoms with van der Waals surface area (Å²) in [4.78, 5) is 41.4. The van der Waals surface area contributed by atoms with Crippen LogP contribution in [-0.2, 0) is 18.3 Å². The number of amides is 1. The number of nitrogens with zero attached hydrogens (tertiary/aromatic N) is 5. The van der Waals surface area contributed by atoms with E-state index in [1.165, 1.54) is 7.05 Å². The van der Waals surface area contributed by atoms with E-state index in [4.69, 9.17) is 16.1 Å². The Morgan fingerprint density at radius 3 is 2.66 bits per heavy atom. The third-order valence-electron chi connectivity index (χ3n) is 4.53. The Labute approximate surface area is 186 Å². The molecule has 0 atom stereocenters. The number of para-hydroxylation sites is 1. The second-order valence-corrected chi connectivity index (χ2v) is 7.25. The zero-order valence-corrected chi connectivity index (χ0v) is 17.6. The van der Waals surface area contributed by atoms with Gasteiger partial charge in [0.2, 0.25) is 17.6 Å². The van der Waals surface area contributed by atoms with Gasteiger partial charge in [0, 0.05) is 30.6 Å². The van der Waals surface area contributed by atoms with Crippen LogP contribution in [0, 0.1) is 0 Å². The summed E-state index contributed by atoms with van der Waals surface area (Å²) in [7, 11) is 1.34. The van der Waals surface area contributed by atoms with Crippen LogP contribution in [0.4, 0.5) is 5.69 Å². The minimum Gasteiger partial charge on any atom is -0.339 e. The number of nitrogens with one attached hydrogen (secondary N) is 1. The molecule has 0 aliphatic heterocycles. The highest BCUT2D eigenvalue weighted by atomic mass is 35.5. The Morgan fingerprint density at radius 1 is 1.12 bits per heavy atom. The fourth-order valence-corrected chi connectivity index (χ4v) is 3.10. The van der Waals surface area contributed by atoms with Crippen LogP contribution in [-0.4, -0.2) is 30.4 Å². The monoisotopic (exact) mass is 452 g/mol. The average Bonchev–Trinajstić information content (AvgIpc) is 3.26. The molecule has 0 fully saturated rings. The largest absolute Gasteiger partial charge is 0.351 e. The van der Waals surface area contributed by atoms with Gasteiger partial charge < -0.3 is 9.84 Å². The summed E-state index contributed by atoms with van der Waals surface area (Å²) in [6.45, 7) is 0. The van der Waals surface area contributed by atoms with Crippen molar-refractivity contribution in [3.05, 3.63) is 86.3 Å². The van der Waals surface area contributed by atoms with Gasteiger partial charge in [-0.1, -0.05) is 41.0 Å². The van der Waals surface area contributed by atoms with Crippen molar-refractivity contribution in [2.75, 3.05) is 5.32 Å². The summed E-state index contributed by atoms with van der Waals surface area (Å²) in [6.07, 6.45) is 0.223. The predicted octanol–water partition coefficient (Wildman–Crippen LogP) is 2.21. The molecule has 4 aromatic rings. The van der Waals surface area contributed by atoms with Gasteiger partial charge in [-0.3, -0.25) is 14.2 Å². The van der Waals surface area contributed by atoms with E-state index >= 15 is 0 Å². The summed E-state index contributed by atoms with van der Waals surface area (Å²) in [5, 5.41) is 11.2. The Kier molecular flexibility index (Phi) is 5.95. The highest BCUT2D eigenvalue weighted by molar-refractivity contribution is 6.30. The molecular weight excluding hydrogens is 436 g/mol. The summed E-state index contributed by atoms with van der Waals surface area (Å²) in [6, 6.07) is 15.4. The minimum atomic E-state index is -0.659. The lowest BCUT2D eigenvalue weighted by Gasteiger charge is -2.07. The number of carbonyl (C=O) groups excluding carboxylic acids is 1. The first-order chi connectivity index (χ1) is 15.4. The standard InChI is InChI=1S/C21H17ClN6O4/c1-27-20(30)18(25-28(21(27)31)15-8-3-2-4-9-15)19-24-17(32-26-19)11-10-16(29)23-14-7-5-6-13(22)12-14/h2-9,12H,10-11H2,1H3,(H,23,29). The van der Waals surface area contributed by atoms with Crippen molar-refractivity contribution in [3.8, 4) is 17.2 Å². The molecule has 1 amide bonds. The van der Waals surface area contributed by atoms with Gasteiger partial charge in [-0.25, -0.2) is 4.79 Å². The molecule has 162 valence electrons. The van der Waals surface area contributed by atoms with E-state index < -0.39 is 11.2 Å². The van der Waals surface area contributed by atoms with Gasteiger partial charge in [0.25, 0.3) is 5.56 Å². The lowest BCUT2D eigenvalue weighted by Crippen LogP contribution is -2.40. The molecule has 0 aliphatic rings. The molecular formula is C21H17ClN6O4. The molecule has 32 heavy (non-hydrogen) atoms. The fraction of sp³-hybridized carbons (Fsp3) is 0.143. The molecule has 4 rings (SSSR count). The Bertz CT molecular complexity index is 1390. The summed E-state index contributed by atoms with van der Waals surface area (Å²) >= 11 is 5.91. The van der Waals surface area contributed by atoms with Crippen LogP contribution in [0.15, 0.2) is 68.7 Å². The number of rotatable bonds is 6. The molecule has 2 aromatic carbocycles. The normalized spacial score (nSPS) is 10.8. The molecule has 0 saturated carbocycles. The molecule has 0 unspecified atom stereocenters. The van der Waals surface area contributed by atoms with Gasteiger partial charge in [-0.15, -0.1) is 0 Å². The van der Waals surface area contributed by atoms with E-state index in [1.54, 1.807) is 54.6 Å². The molecule has 11 heteroatoms. The Balaban J connectivity index is 1.53. The van der Waals surface area contributed by atoms with E-state index in [0.29, 0.717) is 16.4 Å². The first-order valence-electron chi connectivity index (χ1n) is 9.56. The van der Waals surface area contributed by atoms with Crippen LogP contribution in [0.5, 0.6) is 0 Å².